The molecule has 0 radical (unpaired) electrons. The smallest absolute Gasteiger partial charge is 0.293 e. The van der Waals surface area contributed by atoms with Gasteiger partial charge < -0.3 is 10.2 Å². The lowest BCUT2D eigenvalue weighted by molar-refractivity contribution is -0.121. The number of nitrogens with zero attached hydrogens (tertiary/aromatic N) is 3. The van der Waals surface area contributed by atoms with E-state index in [9.17, 15) is 9.59 Å². The highest BCUT2D eigenvalue weighted by Crippen LogP contribution is 2.00. The Morgan fingerprint density at radius 1 is 1.41 bits per heavy atom. The molecule has 0 fully saturated rings. The summed E-state index contributed by atoms with van der Waals surface area (Å²) in [5, 5.41) is 8.97. The summed E-state index contributed by atoms with van der Waals surface area (Å²) in [7, 11) is 1.53. The van der Waals surface area contributed by atoms with E-state index in [4.69, 9.17) is 0 Å². The molecule has 0 bridgehead atoms. The molecule has 7 nitrogen and oxygen atoms in total. The number of hydrogen-bond acceptors (Lipinski definition) is 4. The van der Waals surface area contributed by atoms with Gasteiger partial charge in [0.25, 0.3) is 5.91 Å². The van der Waals surface area contributed by atoms with Crippen molar-refractivity contribution in [2.45, 2.75) is 20.3 Å². The Bertz CT molecular complexity index is 401. The fraction of sp³-hybridized carbons (Fsp3) is 0.600. The van der Waals surface area contributed by atoms with Crippen LogP contribution in [0.2, 0.25) is 0 Å². The molecule has 2 amide bonds. The number of aromatic nitrogens is 3. The second-order valence-electron chi connectivity index (χ2n) is 3.45. The molecule has 0 aromatic carbocycles. The molecule has 0 aliphatic heterocycles. The first-order valence-corrected chi connectivity index (χ1v) is 5.53. The summed E-state index contributed by atoms with van der Waals surface area (Å²) >= 11 is 0. The largest absolute Gasteiger partial charge is 0.358 e. The molecule has 0 saturated carbocycles. The van der Waals surface area contributed by atoms with Crippen LogP contribution in [0.25, 0.3) is 0 Å². The maximum Gasteiger partial charge on any atom is 0.293 e. The summed E-state index contributed by atoms with van der Waals surface area (Å²) in [4.78, 5) is 28.6. The van der Waals surface area contributed by atoms with E-state index < -0.39 is 0 Å². The summed E-state index contributed by atoms with van der Waals surface area (Å²) in [6, 6.07) is 0. The fourth-order valence-corrected chi connectivity index (χ4v) is 1.27. The molecule has 17 heavy (non-hydrogen) atoms. The average Bonchev–Trinajstić information content (AvgIpc) is 2.83. The number of aryl methyl sites for hydroxylation is 1. The number of likely N-dealkylation sites (N-methyl/N-ethyl adjacent to an activating group) is 2. The van der Waals surface area contributed by atoms with E-state index in [1.54, 1.807) is 6.92 Å². The van der Waals surface area contributed by atoms with Gasteiger partial charge in [-0.2, -0.15) is 0 Å². The first-order chi connectivity index (χ1) is 8.12. The van der Waals surface area contributed by atoms with Gasteiger partial charge in [0, 0.05) is 20.0 Å². The molecule has 0 spiro atoms. The zero-order valence-corrected chi connectivity index (χ0v) is 10.3. The zero-order valence-electron chi connectivity index (χ0n) is 10.3. The van der Waals surface area contributed by atoms with Gasteiger partial charge >= 0.3 is 0 Å². The lowest BCUT2D eigenvalue weighted by atomic mass is 10.4. The molecule has 0 aliphatic carbocycles. The number of nitrogens with one attached hydrogen (secondary N) is 2. The van der Waals surface area contributed by atoms with Gasteiger partial charge in [0.2, 0.25) is 11.7 Å². The van der Waals surface area contributed by atoms with Crippen LogP contribution in [-0.2, 0) is 11.2 Å². The van der Waals surface area contributed by atoms with Gasteiger partial charge in [0.15, 0.2) is 0 Å². The van der Waals surface area contributed by atoms with Crippen LogP contribution in [0.15, 0.2) is 0 Å². The second-order valence-corrected chi connectivity index (χ2v) is 3.45. The first kappa shape index (κ1) is 13.1. The lowest BCUT2D eigenvalue weighted by Gasteiger charge is -2.17. The Morgan fingerprint density at radius 3 is 2.59 bits per heavy atom. The summed E-state index contributed by atoms with van der Waals surface area (Å²) in [5.41, 5.74) is 0. The van der Waals surface area contributed by atoms with Crippen LogP contribution in [0.4, 0.5) is 0 Å². The van der Waals surface area contributed by atoms with Gasteiger partial charge in [-0.05, 0) is 6.92 Å². The highest BCUT2D eigenvalue weighted by atomic mass is 16.2. The third-order valence-corrected chi connectivity index (χ3v) is 2.34. The molecule has 1 aromatic rings. The van der Waals surface area contributed by atoms with Gasteiger partial charge in [0.05, 0.1) is 6.54 Å². The van der Waals surface area contributed by atoms with Crippen LogP contribution in [0.3, 0.4) is 0 Å². The van der Waals surface area contributed by atoms with E-state index >= 15 is 0 Å². The molecule has 2 N–H and O–H groups in total. The minimum Gasteiger partial charge on any atom is -0.358 e. The number of H-pyrrole nitrogens is 1. The Morgan fingerprint density at radius 2 is 2.12 bits per heavy atom. The standard InChI is InChI=1S/C10H17N5O2/c1-4-7-12-9(14-13-7)10(17)15(5-2)6-8(16)11-3/h4-6H2,1-3H3,(H,11,16)(H,12,13,14). The minimum atomic E-state index is -0.341. The maximum absolute atomic E-state index is 12.0. The van der Waals surface area contributed by atoms with Crippen LogP contribution >= 0.6 is 0 Å². The van der Waals surface area contributed by atoms with Gasteiger partial charge in [-0.1, -0.05) is 6.92 Å². The van der Waals surface area contributed by atoms with Crippen molar-refractivity contribution >= 4 is 11.8 Å². The molecule has 7 heteroatoms. The van der Waals surface area contributed by atoms with E-state index in [1.807, 2.05) is 6.92 Å². The van der Waals surface area contributed by atoms with Crippen molar-refractivity contribution in [3.05, 3.63) is 11.6 Å². The van der Waals surface area contributed by atoms with Crippen molar-refractivity contribution in [1.29, 1.82) is 0 Å². The fourth-order valence-electron chi connectivity index (χ4n) is 1.27. The normalized spacial score (nSPS) is 10.1. The number of aromatic amines is 1. The molecule has 0 aliphatic rings. The van der Waals surface area contributed by atoms with Crippen LogP contribution < -0.4 is 5.32 Å². The molecule has 94 valence electrons. The van der Waals surface area contributed by atoms with E-state index in [0.717, 1.165) is 0 Å². The predicted molar refractivity (Wildman–Crippen MR) is 61.4 cm³/mol. The van der Waals surface area contributed by atoms with Crippen molar-refractivity contribution in [1.82, 2.24) is 25.4 Å². The second kappa shape index (κ2) is 5.97. The molecule has 1 heterocycles. The number of amides is 2. The molecule has 0 atom stereocenters. The Hall–Kier alpha value is -1.92. The van der Waals surface area contributed by atoms with E-state index in [2.05, 4.69) is 20.5 Å². The van der Waals surface area contributed by atoms with Crippen molar-refractivity contribution in [3.63, 3.8) is 0 Å². The average molecular weight is 239 g/mol. The van der Waals surface area contributed by atoms with Crippen molar-refractivity contribution in [2.24, 2.45) is 0 Å². The number of rotatable bonds is 5. The SMILES string of the molecule is CCc1nc(C(=O)N(CC)CC(=O)NC)n[nH]1. The van der Waals surface area contributed by atoms with Crippen LogP contribution in [0.1, 0.15) is 30.3 Å². The summed E-state index contributed by atoms with van der Waals surface area (Å²) in [6.07, 6.45) is 0.682. The van der Waals surface area contributed by atoms with E-state index in [1.165, 1.54) is 11.9 Å². The lowest BCUT2D eigenvalue weighted by Crippen LogP contribution is -2.39. The van der Waals surface area contributed by atoms with Crippen LogP contribution in [0.5, 0.6) is 0 Å². The number of hydrogen-bond donors (Lipinski definition) is 2. The third-order valence-electron chi connectivity index (χ3n) is 2.34. The Labute approximate surface area is 99.6 Å². The summed E-state index contributed by atoms with van der Waals surface area (Å²) in [5.74, 6) is 0.204. The summed E-state index contributed by atoms with van der Waals surface area (Å²) < 4.78 is 0. The topological polar surface area (TPSA) is 91.0 Å². The number of carbonyl (C=O) groups excluding carboxylic acids is 2. The molecular formula is C10H17N5O2. The predicted octanol–water partition coefficient (Wildman–Crippen LogP) is -0.425. The quantitative estimate of drug-likeness (QED) is 0.729. The molecular weight excluding hydrogens is 222 g/mol. The van der Waals surface area contributed by atoms with Gasteiger partial charge in [-0.3, -0.25) is 14.7 Å². The van der Waals surface area contributed by atoms with Crippen molar-refractivity contribution in [3.8, 4) is 0 Å². The minimum absolute atomic E-state index is 0.0157. The maximum atomic E-state index is 12.0. The first-order valence-electron chi connectivity index (χ1n) is 5.53. The van der Waals surface area contributed by atoms with Crippen LogP contribution in [0, 0.1) is 0 Å². The molecule has 1 aromatic heterocycles. The zero-order chi connectivity index (χ0) is 12.8. The number of carbonyl (C=O) groups is 2. The Kier molecular flexibility index (Phi) is 4.62. The van der Waals surface area contributed by atoms with Crippen molar-refractivity contribution < 1.29 is 9.59 Å². The van der Waals surface area contributed by atoms with E-state index in [-0.39, 0.29) is 24.2 Å². The third kappa shape index (κ3) is 3.27. The monoisotopic (exact) mass is 239 g/mol. The molecule has 0 saturated heterocycles. The molecule has 1 rings (SSSR count). The molecule has 0 unspecified atom stereocenters. The van der Waals surface area contributed by atoms with E-state index in [0.29, 0.717) is 18.8 Å². The van der Waals surface area contributed by atoms with Crippen molar-refractivity contribution in [2.75, 3.05) is 20.1 Å². The highest BCUT2D eigenvalue weighted by Gasteiger charge is 2.20. The van der Waals surface area contributed by atoms with Gasteiger partial charge in [-0.15, -0.1) is 5.10 Å². The van der Waals surface area contributed by atoms with Gasteiger partial charge in [0.1, 0.15) is 5.82 Å². The van der Waals surface area contributed by atoms with Gasteiger partial charge in [-0.25, -0.2) is 4.98 Å². The Balaban J connectivity index is 2.75. The highest BCUT2D eigenvalue weighted by molar-refractivity contribution is 5.93. The summed E-state index contributed by atoms with van der Waals surface area (Å²) in [6.45, 7) is 4.16. The van der Waals surface area contributed by atoms with Crippen LogP contribution in [-0.4, -0.2) is 52.0 Å².